The van der Waals surface area contributed by atoms with Gasteiger partial charge in [-0.05, 0) is 25.0 Å². The number of rotatable bonds is 4. The van der Waals surface area contributed by atoms with E-state index in [0.717, 1.165) is 28.2 Å². The van der Waals surface area contributed by atoms with E-state index in [0.29, 0.717) is 5.56 Å². The SMILES string of the molecule is O=C(O)CN(C(=O)c1c[nH]c2cccc(Br)c12)C1CC1. The number of aromatic nitrogens is 1. The molecule has 0 saturated heterocycles. The predicted molar refractivity (Wildman–Crippen MR) is 77.7 cm³/mol. The molecular weight excluding hydrogens is 324 g/mol. The smallest absolute Gasteiger partial charge is 0.323 e. The molecule has 0 unspecified atom stereocenters. The standard InChI is InChI=1S/C14H13BrN2O3/c15-10-2-1-3-11-13(10)9(6-16-11)14(20)17(7-12(18)19)8-4-5-8/h1-3,6,8,16H,4-5,7H2,(H,18,19). The zero-order valence-electron chi connectivity index (χ0n) is 10.6. The molecule has 1 aliphatic carbocycles. The van der Waals surface area contributed by atoms with Gasteiger partial charge < -0.3 is 15.0 Å². The van der Waals surface area contributed by atoms with Crippen LogP contribution in [-0.2, 0) is 4.79 Å². The van der Waals surface area contributed by atoms with Crippen LogP contribution in [0, 0.1) is 0 Å². The van der Waals surface area contributed by atoms with Crippen LogP contribution in [-0.4, -0.2) is 39.5 Å². The molecule has 1 amide bonds. The Hall–Kier alpha value is -1.82. The molecule has 6 heteroatoms. The van der Waals surface area contributed by atoms with Crippen LogP contribution in [0.25, 0.3) is 10.9 Å². The van der Waals surface area contributed by atoms with Gasteiger partial charge in [0.05, 0.1) is 5.56 Å². The summed E-state index contributed by atoms with van der Waals surface area (Å²) in [6, 6.07) is 5.69. The topological polar surface area (TPSA) is 73.4 Å². The quantitative estimate of drug-likeness (QED) is 0.901. The number of aliphatic carboxylic acids is 1. The van der Waals surface area contributed by atoms with Gasteiger partial charge in [-0.15, -0.1) is 0 Å². The average molecular weight is 337 g/mol. The number of fused-ring (bicyclic) bond motifs is 1. The summed E-state index contributed by atoms with van der Waals surface area (Å²) in [5, 5.41) is 9.76. The molecule has 2 aromatic rings. The van der Waals surface area contributed by atoms with Crippen molar-refractivity contribution in [3.8, 4) is 0 Å². The molecule has 1 aliphatic rings. The van der Waals surface area contributed by atoms with Crippen LogP contribution in [0.15, 0.2) is 28.9 Å². The summed E-state index contributed by atoms with van der Waals surface area (Å²) in [6.45, 7) is -0.249. The highest BCUT2D eigenvalue weighted by Gasteiger charge is 2.35. The van der Waals surface area contributed by atoms with E-state index < -0.39 is 5.97 Å². The molecular formula is C14H13BrN2O3. The number of nitrogens with zero attached hydrogens (tertiary/aromatic N) is 1. The van der Waals surface area contributed by atoms with Crippen LogP contribution >= 0.6 is 15.9 Å². The molecule has 1 saturated carbocycles. The molecule has 0 aliphatic heterocycles. The van der Waals surface area contributed by atoms with Gasteiger partial charge in [0, 0.05) is 27.6 Å². The predicted octanol–water partition coefficient (Wildman–Crippen LogP) is 2.62. The number of hydrogen-bond donors (Lipinski definition) is 2. The van der Waals surface area contributed by atoms with Crippen LogP contribution < -0.4 is 0 Å². The van der Waals surface area contributed by atoms with Gasteiger partial charge in [-0.25, -0.2) is 0 Å². The third-order valence-electron chi connectivity index (χ3n) is 3.44. The van der Waals surface area contributed by atoms with Crippen LogP contribution in [0.5, 0.6) is 0 Å². The number of H-pyrrole nitrogens is 1. The molecule has 0 spiro atoms. The Balaban J connectivity index is 2.00. The van der Waals surface area contributed by atoms with Crippen molar-refractivity contribution < 1.29 is 14.7 Å². The van der Waals surface area contributed by atoms with Gasteiger partial charge >= 0.3 is 5.97 Å². The second-order valence-corrected chi connectivity index (χ2v) is 5.78. The lowest BCUT2D eigenvalue weighted by Crippen LogP contribution is -2.37. The highest BCUT2D eigenvalue weighted by atomic mass is 79.9. The van der Waals surface area contributed by atoms with Gasteiger partial charge in [-0.1, -0.05) is 22.0 Å². The van der Waals surface area contributed by atoms with E-state index in [2.05, 4.69) is 20.9 Å². The molecule has 1 fully saturated rings. The fraction of sp³-hybridized carbons (Fsp3) is 0.286. The van der Waals surface area contributed by atoms with Crippen molar-refractivity contribution in [3.63, 3.8) is 0 Å². The van der Waals surface area contributed by atoms with Crippen molar-refractivity contribution in [2.45, 2.75) is 18.9 Å². The molecule has 2 N–H and O–H groups in total. The van der Waals surface area contributed by atoms with E-state index in [-0.39, 0.29) is 18.5 Å². The fourth-order valence-electron chi connectivity index (χ4n) is 2.36. The maximum absolute atomic E-state index is 12.6. The molecule has 1 aromatic carbocycles. The lowest BCUT2D eigenvalue weighted by molar-refractivity contribution is -0.137. The molecule has 1 aromatic heterocycles. The normalized spacial score (nSPS) is 14.4. The third kappa shape index (κ3) is 2.31. The number of carboxylic acids is 1. The number of carboxylic acid groups (broad SMARTS) is 1. The van der Waals surface area contributed by atoms with E-state index >= 15 is 0 Å². The Morgan fingerprint density at radius 2 is 2.15 bits per heavy atom. The first-order chi connectivity index (χ1) is 9.58. The summed E-state index contributed by atoms with van der Waals surface area (Å²) in [6.07, 6.45) is 3.40. The summed E-state index contributed by atoms with van der Waals surface area (Å²) in [7, 11) is 0. The average Bonchev–Trinajstić information content (AvgIpc) is 3.14. The lowest BCUT2D eigenvalue weighted by atomic mass is 10.1. The molecule has 0 atom stereocenters. The van der Waals surface area contributed by atoms with Crippen LogP contribution in [0.3, 0.4) is 0 Å². The number of nitrogens with one attached hydrogen (secondary N) is 1. The number of hydrogen-bond acceptors (Lipinski definition) is 2. The molecule has 5 nitrogen and oxygen atoms in total. The van der Waals surface area contributed by atoms with Gasteiger partial charge in [0.1, 0.15) is 6.54 Å². The molecule has 3 rings (SSSR count). The van der Waals surface area contributed by atoms with Crippen molar-refractivity contribution >= 4 is 38.7 Å². The third-order valence-corrected chi connectivity index (χ3v) is 4.10. The number of benzene rings is 1. The lowest BCUT2D eigenvalue weighted by Gasteiger charge is -2.19. The largest absolute Gasteiger partial charge is 0.480 e. The summed E-state index contributed by atoms with van der Waals surface area (Å²) in [4.78, 5) is 28.0. The minimum atomic E-state index is -0.982. The van der Waals surface area contributed by atoms with Crippen molar-refractivity contribution in [2.75, 3.05) is 6.54 Å². The minimum Gasteiger partial charge on any atom is -0.480 e. The van der Waals surface area contributed by atoms with Gasteiger partial charge in [-0.2, -0.15) is 0 Å². The zero-order valence-corrected chi connectivity index (χ0v) is 12.2. The Bertz CT molecular complexity index is 691. The van der Waals surface area contributed by atoms with Crippen molar-refractivity contribution in [1.82, 2.24) is 9.88 Å². The number of amides is 1. The first-order valence-corrected chi connectivity index (χ1v) is 7.15. The van der Waals surface area contributed by atoms with Gasteiger partial charge in [0.15, 0.2) is 0 Å². The first-order valence-electron chi connectivity index (χ1n) is 6.36. The first kappa shape index (κ1) is 13.2. The number of carbonyl (C=O) groups is 2. The molecule has 20 heavy (non-hydrogen) atoms. The second-order valence-electron chi connectivity index (χ2n) is 4.92. The second kappa shape index (κ2) is 4.94. The van der Waals surface area contributed by atoms with E-state index in [1.165, 1.54) is 4.90 Å². The maximum Gasteiger partial charge on any atom is 0.323 e. The summed E-state index contributed by atoms with van der Waals surface area (Å²) < 4.78 is 0.825. The Morgan fingerprint density at radius 3 is 2.80 bits per heavy atom. The fourth-order valence-corrected chi connectivity index (χ4v) is 2.94. The molecule has 0 bridgehead atoms. The molecule has 1 heterocycles. The van der Waals surface area contributed by atoms with Crippen LogP contribution in [0.1, 0.15) is 23.2 Å². The highest BCUT2D eigenvalue weighted by Crippen LogP contribution is 2.32. The minimum absolute atomic E-state index is 0.0611. The number of carbonyl (C=O) groups excluding carboxylic acids is 1. The van der Waals surface area contributed by atoms with Crippen LogP contribution in [0.4, 0.5) is 0 Å². The van der Waals surface area contributed by atoms with Crippen molar-refractivity contribution in [3.05, 3.63) is 34.4 Å². The Kier molecular flexibility index (Phi) is 3.25. The Labute approximate surface area is 123 Å². The van der Waals surface area contributed by atoms with E-state index in [4.69, 9.17) is 5.11 Å². The number of halogens is 1. The summed E-state index contributed by atoms with van der Waals surface area (Å²) >= 11 is 3.44. The van der Waals surface area contributed by atoms with Crippen molar-refractivity contribution in [1.29, 1.82) is 0 Å². The summed E-state index contributed by atoms with van der Waals surface area (Å²) in [5.74, 6) is -1.21. The maximum atomic E-state index is 12.6. The van der Waals surface area contributed by atoms with E-state index in [1.54, 1.807) is 6.20 Å². The monoisotopic (exact) mass is 336 g/mol. The Morgan fingerprint density at radius 1 is 1.40 bits per heavy atom. The molecule has 104 valence electrons. The van der Waals surface area contributed by atoms with Crippen LogP contribution in [0.2, 0.25) is 0 Å². The highest BCUT2D eigenvalue weighted by molar-refractivity contribution is 9.10. The molecule has 0 radical (unpaired) electrons. The van der Waals surface area contributed by atoms with Gasteiger partial charge in [0.2, 0.25) is 0 Å². The zero-order chi connectivity index (χ0) is 14.3. The van der Waals surface area contributed by atoms with Gasteiger partial charge in [0.25, 0.3) is 5.91 Å². The summed E-state index contributed by atoms with van der Waals surface area (Å²) in [5.41, 5.74) is 1.37. The van der Waals surface area contributed by atoms with E-state index in [9.17, 15) is 9.59 Å². The van der Waals surface area contributed by atoms with Crippen molar-refractivity contribution in [2.24, 2.45) is 0 Å². The van der Waals surface area contributed by atoms with Gasteiger partial charge in [-0.3, -0.25) is 9.59 Å². The van der Waals surface area contributed by atoms with E-state index in [1.807, 2.05) is 18.2 Å². The number of aromatic amines is 1.